The molecule has 0 atom stereocenters. The molecule has 0 spiro atoms. The van der Waals surface area contributed by atoms with Gasteiger partial charge >= 0.3 is 58.4 Å². The summed E-state index contributed by atoms with van der Waals surface area (Å²) in [6.07, 6.45) is -3.66. The van der Waals surface area contributed by atoms with E-state index < -0.39 is 19.7 Å². The number of rotatable bonds is 3. The van der Waals surface area contributed by atoms with Crippen molar-refractivity contribution in [3.63, 3.8) is 0 Å². The zero-order valence-electron chi connectivity index (χ0n) is 8.06. The van der Waals surface area contributed by atoms with Gasteiger partial charge in [-0.25, -0.2) is 8.78 Å². The molecule has 0 radical (unpaired) electrons. The summed E-state index contributed by atoms with van der Waals surface area (Å²) in [5.74, 6) is 0. The van der Waals surface area contributed by atoms with Crippen molar-refractivity contribution in [2.45, 2.75) is 12.7 Å². The summed E-state index contributed by atoms with van der Waals surface area (Å²) in [6, 6.07) is 4.19. The number of hydrogen-bond acceptors (Lipinski definition) is 0. The normalized spacial score (nSPS) is 11.3. The fraction of sp³-hybridized carbons (Fsp3) is 0.250. The monoisotopic (exact) mass is 248 g/mol. The van der Waals surface area contributed by atoms with Gasteiger partial charge in [0.1, 0.15) is 0 Å². The van der Waals surface area contributed by atoms with Crippen molar-refractivity contribution >= 4 is 6.98 Å². The number of halogens is 5. The molecule has 0 aliphatic carbocycles. The van der Waals surface area contributed by atoms with Crippen LogP contribution in [0.25, 0.3) is 0 Å². The first-order valence-corrected chi connectivity index (χ1v) is 3.96. The molecule has 1 aromatic rings. The van der Waals surface area contributed by atoms with Gasteiger partial charge in [-0.2, -0.15) is 0 Å². The molecule has 0 saturated carbocycles. The SMILES string of the molecule is FC(F)c1ccc(C[B-](F)(F)F)cc1.[K+]. The van der Waals surface area contributed by atoms with E-state index in [1.807, 2.05) is 0 Å². The topological polar surface area (TPSA) is 0 Å². The van der Waals surface area contributed by atoms with Crippen molar-refractivity contribution in [2.24, 2.45) is 0 Å². The van der Waals surface area contributed by atoms with Gasteiger partial charge in [0.25, 0.3) is 6.43 Å². The van der Waals surface area contributed by atoms with Crippen LogP contribution >= 0.6 is 0 Å². The molecular weight excluding hydrogens is 241 g/mol. The summed E-state index contributed by atoms with van der Waals surface area (Å²) >= 11 is 0. The van der Waals surface area contributed by atoms with E-state index in [-0.39, 0.29) is 62.5 Å². The predicted molar refractivity (Wildman–Crippen MR) is 44.2 cm³/mol. The van der Waals surface area contributed by atoms with Gasteiger partial charge in [-0.05, 0) is 0 Å². The minimum Gasteiger partial charge on any atom is -0.449 e. The number of hydrogen-bond donors (Lipinski definition) is 0. The average Bonchev–Trinajstić information content (AvgIpc) is 2.02. The van der Waals surface area contributed by atoms with E-state index in [9.17, 15) is 21.7 Å². The van der Waals surface area contributed by atoms with Crippen LogP contribution in [0.4, 0.5) is 21.7 Å². The van der Waals surface area contributed by atoms with Gasteiger partial charge in [-0.1, -0.05) is 36.1 Å². The van der Waals surface area contributed by atoms with Crippen molar-refractivity contribution in [1.29, 1.82) is 0 Å². The Morgan fingerprint density at radius 2 is 1.47 bits per heavy atom. The third-order valence-electron chi connectivity index (χ3n) is 1.70. The van der Waals surface area contributed by atoms with E-state index in [1.165, 1.54) is 0 Å². The van der Waals surface area contributed by atoms with Crippen LogP contribution in [0.3, 0.4) is 0 Å². The van der Waals surface area contributed by atoms with Gasteiger partial charge in [0.15, 0.2) is 0 Å². The molecule has 0 saturated heterocycles. The summed E-state index contributed by atoms with van der Waals surface area (Å²) < 4.78 is 59.8. The molecule has 0 nitrogen and oxygen atoms in total. The second-order valence-electron chi connectivity index (χ2n) is 2.96. The maximum Gasteiger partial charge on any atom is 1.00 e. The standard InChI is InChI=1S/C8H7BF5.K/c10-8(11)7-3-1-6(2-4-7)5-9(12,13)14;/h1-4,8H,5H2;/q-1;+1. The molecule has 7 heteroatoms. The van der Waals surface area contributed by atoms with Crippen LogP contribution in [-0.2, 0) is 6.32 Å². The van der Waals surface area contributed by atoms with E-state index in [2.05, 4.69) is 0 Å². The van der Waals surface area contributed by atoms with Gasteiger partial charge < -0.3 is 12.9 Å². The minimum atomic E-state index is -4.90. The van der Waals surface area contributed by atoms with Crippen molar-refractivity contribution in [3.05, 3.63) is 35.4 Å². The third-order valence-corrected chi connectivity index (χ3v) is 1.70. The Bertz CT molecular complexity index is 295. The number of benzene rings is 1. The van der Waals surface area contributed by atoms with Gasteiger partial charge in [0, 0.05) is 5.56 Å². The molecule has 0 unspecified atom stereocenters. The molecule has 0 aliphatic heterocycles. The molecule has 1 rings (SSSR count). The second kappa shape index (κ2) is 6.34. The number of alkyl halides is 2. The van der Waals surface area contributed by atoms with Crippen LogP contribution in [0.2, 0.25) is 0 Å². The molecule has 0 fully saturated rings. The zero-order valence-corrected chi connectivity index (χ0v) is 11.2. The molecule has 0 aromatic heterocycles. The Hall–Kier alpha value is 0.571. The molecule has 0 heterocycles. The van der Waals surface area contributed by atoms with Crippen molar-refractivity contribution < 1.29 is 73.1 Å². The Kier molecular flexibility index (Phi) is 6.58. The first-order valence-electron chi connectivity index (χ1n) is 3.96. The van der Waals surface area contributed by atoms with Crippen LogP contribution in [0.5, 0.6) is 0 Å². The second-order valence-corrected chi connectivity index (χ2v) is 2.96. The van der Waals surface area contributed by atoms with E-state index in [4.69, 9.17) is 0 Å². The zero-order chi connectivity index (χ0) is 10.8. The largest absolute Gasteiger partial charge is 1.00 e. The minimum absolute atomic E-state index is 0. The van der Waals surface area contributed by atoms with Crippen LogP contribution < -0.4 is 51.4 Å². The van der Waals surface area contributed by atoms with Gasteiger partial charge in [0.05, 0.1) is 0 Å². The first-order chi connectivity index (χ1) is 6.38. The Labute approximate surface area is 127 Å². The van der Waals surface area contributed by atoms with E-state index >= 15 is 0 Å². The Morgan fingerprint density at radius 1 is 1.00 bits per heavy atom. The predicted octanol–water partition coefficient (Wildman–Crippen LogP) is 0.557. The third kappa shape index (κ3) is 6.01. The summed E-state index contributed by atoms with van der Waals surface area (Å²) in [4.78, 5) is 0. The van der Waals surface area contributed by atoms with Crippen molar-refractivity contribution in [3.8, 4) is 0 Å². The van der Waals surface area contributed by atoms with E-state index in [0.717, 1.165) is 24.3 Å². The fourth-order valence-corrected chi connectivity index (χ4v) is 1.07. The molecule has 0 amide bonds. The van der Waals surface area contributed by atoms with Crippen LogP contribution in [-0.4, -0.2) is 6.98 Å². The van der Waals surface area contributed by atoms with Gasteiger partial charge in [-0.15, -0.1) is 0 Å². The van der Waals surface area contributed by atoms with Crippen LogP contribution in [0.15, 0.2) is 24.3 Å². The van der Waals surface area contributed by atoms with Crippen molar-refractivity contribution in [2.75, 3.05) is 0 Å². The Morgan fingerprint density at radius 3 is 1.80 bits per heavy atom. The molecular formula is C8H7BF5K. The summed E-state index contributed by atoms with van der Waals surface area (Å²) in [5, 5.41) is 0. The molecule has 0 bridgehead atoms. The molecule has 0 aliphatic rings. The molecule has 15 heavy (non-hydrogen) atoms. The molecule has 0 N–H and O–H groups in total. The first kappa shape index (κ1) is 15.6. The van der Waals surface area contributed by atoms with Crippen molar-refractivity contribution in [1.82, 2.24) is 0 Å². The summed E-state index contributed by atoms with van der Waals surface area (Å²) in [5.41, 5.74) is -0.245. The van der Waals surface area contributed by atoms with Crippen LogP contribution in [0, 0.1) is 0 Å². The quantitative estimate of drug-likeness (QED) is 0.541. The summed E-state index contributed by atoms with van der Waals surface area (Å²) in [7, 11) is 0. The van der Waals surface area contributed by atoms with E-state index in [1.54, 1.807) is 0 Å². The smallest absolute Gasteiger partial charge is 0.449 e. The Balaban J connectivity index is 0.00000196. The van der Waals surface area contributed by atoms with Crippen LogP contribution in [0.1, 0.15) is 17.6 Å². The van der Waals surface area contributed by atoms with Gasteiger partial charge in [-0.3, -0.25) is 0 Å². The average molecular weight is 248 g/mol. The maximum absolute atomic E-state index is 12.0. The summed E-state index contributed by atoms with van der Waals surface area (Å²) in [6.45, 7) is -4.90. The molecule has 1 aromatic carbocycles. The maximum atomic E-state index is 12.0. The van der Waals surface area contributed by atoms with E-state index in [0.29, 0.717) is 0 Å². The fourth-order valence-electron chi connectivity index (χ4n) is 1.07. The van der Waals surface area contributed by atoms with Gasteiger partial charge in [0.2, 0.25) is 0 Å². The molecule has 78 valence electrons.